The van der Waals surface area contributed by atoms with Crippen LogP contribution in [-0.2, 0) is 0 Å². The van der Waals surface area contributed by atoms with Crippen LogP contribution < -0.4 is 4.74 Å². The highest BCUT2D eigenvalue weighted by Crippen LogP contribution is 2.22. The number of amides is 1. The third kappa shape index (κ3) is 3.77. The van der Waals surface area contributed by atoms with Crippen LogP contribution in [0.5, 0.6) is 5.75 Å². The van der Waals surface area contributed by atoms with Crippen LogP contribution in [0.15, 0.2) is 41.0 Å². The van der Waals surface area contributed by atoms with Crippen LogP contribution >= 0.6 is 27.5 Å². The van der Waals surface area contributed by atoms with Crippen molar-refractivity contribution in [1.29, 1.82) is 0 Å². The predicted molar refractivity (Wildman–Crippen MR) is 82.4 cm³/mol. The molecule has 6 heteroatoms. The average molecular weight is 358 g/mol. The molecule has 0 unspecified atom stereocenters. The Morgan fingerprint density at radius 3 is 2.85 bits per heavy atom. The lowest BCUT2D eigenvalue weighted by molar-refractivity contribution is 0.0769. The van der Waals surface area contributed by atoms with Gasteiger partial charge in [-0.1, -0.05) is 23.7 Å². The number of aromatic amines is 1. The molecule has 4 nitrogen and oxygen atoms in total. The second-order valence-electron chi connectivity index (χ2n) is 4.24. The number of ether oxygens (including phenoxy) is 1. The van der Waals surface area contributed by atoms with E-state index in [9.17, 15) is 4.79 Å². The van der Waals surface area contributed by atoms with Crippen molar-refractivity contribution in [3.05, 3.63) is 51.7 Å². The summed E-state index contributed by atoms with van der Waals surface area (Å²) in [6, 6.07) is 9.00. The molecule has 0 saturated carbocycles. The van der Waals surface area contributed by atoms with Gasteiger partial charge in [0, 0.05) is 17.7 Å². The second kappa shape index (κ2) is 6.81. The average Bonchev–Trinajstić information content (AvgIpc) is 2.86. The van der Waals surface area contributed by atoms with Crippen molar-refractivity contribution in [3.63, 3.8) is 0 Å². The van der Waals surface area contributed by atoms with E-state index in [1.165, 1.54) is 0 Å². The van der Waals surface area contributed by atoms with Crippen LogP contribution in [0.4, 0.5) is 0 Å². The number of halogens is 2. The summed E-state index contributed by atoms with van der Waals surface area (Å²) in [6.07, 6.45) is 1.72. The lowest BCUT2D eigenvalue weighted by Crippen LogP contribution is -2.31. The molecule has 2 aromatic rings. The minimum absolute atomic E-state index is 0.0848. The summed E-state index contributed by atoms with van der Waals surface area (Å²) in [5, 5.41) is 0.565. The molecular weight excluding hydrogens is 344 g/mol. The van der Waals surface area contributed by atoms with E-state index >= 15 is 0 Å². The van der Waals surface area contributed by atoms with Crippen LogP contribution in [0.25, 0.3) is 0 Å². The van der Waals surface area contributed by atoms with Gasteiger partial charge in [-0.25, -0.2) is 0 Å². The maximum absolute atomic E-state index is 12.1. The van der Waals surface area contributed by atoms with Gasteiger partial charge >= 0.3 is 0 Å². The van der Waals surface area contributed by atoms with E-state index < -0.39 is 0 Å². The number of carbonyl (C=O) groups excluding carboxylic acids is 1. The fourth-order valence-electron chi connectivity index (χ4n) is 1.65. The number of hydrogen-bond donors (Lipinski definition) is 1. The molecule has 0 aliphatic rings. The zero-order chi connectivity index (χ0) is 14.5. The molecule has 106 valence electrons. The van der Waals surface area contributed by atoms with Gasteiger partial charge in [0.25, 0.3) is 5.91 Å². The predicted octanol–water partition coefficient (Wildman–Crippen LogP) is 3.58. The van der Waals surface area contributed by atoms with Gasteiger partial charge in [0.2, 0.25) is 0 Å². The Morgan fingerprint density at radius 1 is 1.45 bits per heavy atom. The summed E-state index contributed by atoms with van der Waals surface area (Å²) in [4.78, 5) is 16.6. The molecule has 0 atom stereocenters. The second-order valence-corrected chi connectivity index (χ2v) is 5.56. The molecule has 0 radical (unpaired) electrons. The quantitative estimate of drug-likeness (QED) is 0.889. The van der Waals surface area contributed by atoms with E-state index in [0.29, 0.717) is 29.6 Å². The van der Waals surface area contributed by atoms with Crippen LogP contribution in [-0.4, -0.2) is 36.0 Å². The van der Waals surface area contributed by atoms with E-state index in [4.69, 9.17) is 16.3 Å². The van der Waals surface area contributed by atoms with Crippen LogP contribution in [0.2, 0.25) is 5.02 Å². The summed E-state index contributed by atoms with van der Waals surface area (Å²) in [5.41, 5.74) is 0.539. The third-order valence-electron chi connectivity index (χ3n) is 2.75. The maximum Gasteiger partial charge on any atom is 0.270 e. The number of nitrogens with one attached hydrogen (secondary N) is 1. The standard InChI is InChI=1S/C14H14BrClN2O2/c1-18(14(19)12-8-10(15)9-17-12)6-7-20-13-5-3-2-4-11(13)16/h2-5,8-9,17H,6-7H2,1H3. The topological polar surface area (TPSA) is 45.3 Å². The first-order valence-electron chi connectivity index (χ1n) is 6.04. The molecule has 0 bridgehead atoms. The zero-order valence-electron chi connectivity index (χ0n) is 10.9. The van der Waals surface area contributed by atoms with Gasteiger partial charge in [-0.2, -0.15) is 0 Å². The molecule has 1 N–H and O–H groups in total. The molecule has 1 aromatic heterocycles. The highest BCUT2D eigenvalue weighted by molar-refractivity contribution is 9.10. The summed E-state index contributed by atoms with van der Waals surface area (Å²) >= 11 is 9.28. The molecule has 1 aromatic carbocycles. The first-order chi connectivity index (χ1) is 9.58. The van der Waals surface area contributed by atoms with Gasteiger partial charge in [-0.15, -0.1) is 0 Å². The number of carbonyl (C=O) groups is 1. The minimum atomic E-state index is -0.0848. The Balaban J connectivity index is 1.85. The number of H-pyrrole nitrogens is 1. The Bertz CT molecular complexity index is 600. The number of para-hydroxylation sites is 1. The Labute approximate surface area is 130 Å². The molecular formula is C14H14BrClN2O2. The largest absolute Gasteiger partial charge is 0.490 e. The van der Waals surface area contributed by atoms with E-state index in [0.717, 1.165) is 4.47 Å². The van der Waals surface area contributed by atoms with Crippen molar-refractivity contribution < 1.29 is 9.53 Å². The maximum atomic E-state index is 12.1. The summed E-state index contributed by atoms with van der Waals surface area (Å²) in [7, 11) is 1.73. The van der Waals surface area contributed by atoms with Crippen molar-refractivity contribution in [2.24, 2.45) is 0 Å². The SMILES string of the molecule is CN(CCOc1ccccc1Cl)C(=O)c1cc(Br)c[nH]1. The molecule has 1 amide bonds. The highest BCUT2D eigenvalue weighted by Gasteiger charge is 2.13. The minimum Gasteiger partial charge on any atom is -0.490 e. The fraction of sp³-hybridized carbons (Fsp3) is 0.214. The van der Waals surface area contributed by atoms with Crippen LogP contribution in [0, 0.1) is 0 Å². The van der Waals surface area contributed by atoms with Gasteiger partial charge < -0.3 is 14.6 Å². The Morgan fingerprint density at radius 2 is 2.20 bits per heavy atom. The molecule has 0 aliphatic carbocycles. The number of aromatic nitrogens is 1. The summed E-state index contributed by atoms with van der Waals surface area (Å²) in [5.74, 6) is 0.538. The lowest BCUT2D eigenvalue weighted by atomic mass is 10.3. The smallest absolute Gasteiger partial charge is 0.270 e. The van der Waals surface area contributed by atoms with E-state index in [1.807, 2.05) is 12.1 Å². The van der Waals surface area contributed by atoms with Crippen molar-refractivity contribution in [1.82, 2.24) is 9.88 Å². The number of rotatable bonds is 5. The number of benzene rings is 1. The van der Waals surface area contributed by atoms with Crippen molar-refractivity contribution in [3.8, 4) is 5.75 Å². The monoisotopic (exact) mass is 356 g/mol. The zero-order valence-corrected chi connectivity index (χ0v) is 13.2. The number of nitrogens with zero attached hydrogens (tertiary/aromatic N) is 1. The molecule has 2 rings (SSSR count). The molecule has 20 heavy (non-hydrogen) atoms. The highest BCUT2D eigenvalue weighted by atomic mass is 79.9. The molecule has 1 heterocycles. The van der Waals surface area contributed by atoms with Crippen LogP contribution in [0.1, 0.15) is 10.5 Å². The Kier molecular flexibility index (Phi) is 5.09. The van der Waals surface area contributed by atoms with Gasteiger partial charge in [0.05, 0.1) is 11.6 Å². The first kappa shape index (κ1) is 14.9. The molecule has 0 saturated heterocycles. The Hall–Kier alpha value is -1.46. The van der Waals surface area contributed by atoms with Crippen molar-refractivity contribution in [2.45, 2.75) is 0 Å². The first-order valence-corrected chi connectivity index (χ1v) is 7.21. The van der Waals surface area contributed by atoms with E-state index in [1.54, 1.807) is 36.3 Å². The fourth-order valence-corrected chi connectivity index (χ4v) is 2.19. The lowest BCUT2D eigenvalue weighted by Gasteiger charge is -2.17. The van der Waals surface area contributed by atoms with Gasteiger partial charge in [0.1, 0.15) is 18.1 Å². The van der Waals surface area contributed by atoms with Crippen molar-refractivity contribution in [2.75, 3.05) is 20.2 Å². The van der Waals surface area contributed by atoms with Gasteiger partial charge in [0.15, 0.2) is 0 Å². The summed E-state index contributed by atoms with van der Waals surface area (Å²) < 4.78 is 6.40. The van der Waals surface area contributed by atoms with Crippen LogP contribution in [0.3, 0.4) is 0 Å². The van der Waals surface area contributed by atoms with E-state index in [2.05, 4.69) is 20.9 Å². The van der Waals surface area contributed by atoms with Gasteiger partial charge in [-0.3, -0.25) is 4.79 Å². The van der Waals surface area contributed by atoms with Crippen molar-refractivity contribution >= 4 is 33.4 Å². The number of hydrogen-bond acceptors (Lipinski definition) is 2. The third-order valence-corrected chi connectivity index (χ3v) is 3.52. The summed E-state index contributed by atoms with van der Waals surface area (Å²) in [6.45, 7) is 0.856. The molecule has 0 aliphatic heterocycles. The normalized spacial score (nSPS) is 10.3. The van der Waals surface area contributed by atoms with E-state index in [-0.39, 0.29) is 5.91 Å². The molecule has 0 fully saturated rings. The van der Waals surface area contributed by atoms with Gasteiger partial charge in [-0.05, 0) is 34.1 Å². The number of likely N-dealkylation sites (N-methyl/N-ethyl adjacent to an activating group) is 1. The molecule has 0 spiro atoms.